The minimum Gasteiger partial charge on any atom is -0.361 e. The van der Waals surface area contributed by atoms with Gasteiger partial charge >= 0.3 is 0 Å². The fourth-order valence-electron chi connectivity index (χ4n) is 2.97. The smallest absolute Gasteiger partial charge is 0.0456 e. The monoisotopic (exact) mass is 228 g/mol. The molecule has 1 saturated heterocycles. The van der Waals surface area contributed by atoms with Gasteiger partial charge in [0.2, 0.25) is 0 Å². The van der Waals surface area contributed by atoms with Gasteiger partial charge in [-0.15, -0.1) is 0 Å². The van der Waals surface area contributed by atoms with Crippen molar-refractivity contribution in [1.82, 2.24) is 10.3 Å². The van der Waals surface area contributed by atoms with Gasteiger partial charge in [-0.25, -0.2) is 0 Å². The van der Waals surface area contributed by atoms with Crippen LogP contribution >= 0.6 is 0 Å². The Morgan fingerprint density at radius 3 is 2.82 bits per heavy atom. The van der Waals surface area contributed by atoms with Crippen LogP contribution < -0.4 is 5.32 Å². The standard InChI is InChI=1S/C15H20N2/c1-11(12-4-7-16-8-5-12)14-3-2-13-6-9-17-15(13)10-14/h2-3,6,9-12,16-17H,4-5,7-8H2,1H3. The highest BCUT2D eigenvalue weighted by atomic mass is 14.9. The summed E-state index contributed by atoms with van der Waals surface area (Å²) in [4.78, 5) is 3.31. The number of H-pyrrole nitrogens is 1. The van der Waals surface area contributed by atoms with Crippen molar-refractivity contribution in [1.29, 1.82) is 0 Å². The molecule has 2 nitrogen and oxygen atoms in total. The molecule has 17 heavy (non-hydrogen) atoms. The van der Waals surface area contributed by atoms with Crippen LogP contribution in [0.25, 0.3) is 10.9 Å². The molecule has 0 saturated carbocycles. The number of hydrogen-bond donors (Lipinski definition) is 2. The van der Waals surface area contributed by atoms with Crippen LogP contribution in [-0.4, -0.2) is 18.1 Å². The van der Waals surface area contributed by atoms with Gasteiger partial charge in [0, 0.05) is 11.7 Å². The lowest BCUT2D eigenvalue weighted by atomic mass is 9.81. The van der Waals surface area contributed by atoms with E-state index in [9.17, 15) is 0 Å². The second-order valence-corrected chi connectivity index (χ2v) is 5.20. The predicted molar refractivity (Wildman–Crippen MR) is 72.3 cm³/mol. The Morgan fingerprint density at radius 2 is 2.00 bits per heavy atom. The van der Waals surface area contributed by atoms with E-state index in [4.69, 9.17) is 0 Å². The predicted octanol–water partition coefficient (Wildman–Crippen LogP) is 3.27. The Kier molecular flexibility index (Phi) is 2.89. The van der Waals surface area contributed by atoms with Crippen LogP contribution in [0.4, 0.5) is 0 Å². The summed E-state index contributed by atoms with van der Waals surface area (Å²) in [6, 6.07) is 8.98. The average molecular weight is 228 g/mol. The molecule has 1 unspecified atom stereocenters. The average Bonchev–Trinajstić information content (AvgIpc) is 2.86. The number of benzene rings is 1. The largest absolute Gasteiger partial charge is 0.361 e. The molecule has 1 aliphatic rings. The number of nitrogens with one attached hydrogen (secondary N) is 2. The number of aromatic nitrogens is 1. The van der Waals surface area contributed by atoms with E-state index in [1.807, 2.05) is 6.20 Å². The summed E-state index contributed by atoms with van der Waals surface area (Å²) in [5.74, 6) is 1.51. The summed E-state index contributed by atoms with van der Waals surface area (Å²) in [5.41, 5.74) is 2.75. The minimum atomic E-state index is 0.671. The molecular formula is C15H20N2. The molecule has 1 aromatic heterocycles. The molecule has 2 N–H and O–H groups in total. The molecule has 0 amide bonds. The van der Waals surface area contributed by atoms with Gasteiger partial charge < -0.3 is 10.3 Å². The second-order valence-electron chi connectivity index (χ2n) is 5.20. The van der Waals surface area contributed by atoms with Crippen molar-refractivity contribution in [2.24, 2.45) is 5.92 Å². The van der Waals surface area contributed by atoms with Crippen LogP contribution in [-0.2, 0) is 0 Å². The van der Waals surface area contributed by atoms with Crippen molar-refractivity contribution in [2.75, 3.05) is 13.1 Å². The van der Waals surface area contributed by atoms with Gasteiger partial charge in [-0.1, -0.05) is 19.1 Å². The van der Waals surface area contributed by atoms with Crippen molar-refractivity contribution in [3.63, 3.8) is 0 Å². The quantitative estimate of drug-likeness (QED) is 0.811. The zero-order valence-corrected chi connectivity index (χ0v) is 10.4. The van der Waals surface area contributed by atoms with E-state index in [1.54, 1.807) is 0 Å². The first-order valence-electron chi connectivity index (χ1n) is 6.62. The number of fused-ring (bicyclic) bond motifs is 1. The zero-order valence-electron chi connectivity index (χ0n) is 10.4. The third-order valence-corrected chi connectivity index (χ3v) is 4.20. The molecule has 3 rings (SSSR count). The topological polar surface area (TPSA) is 27.8 Å². The summed E-state index contributed by atoms with van der Waals surface area (Å²) in [6.07, 6.45) is 4.64. The van der Waals surface area contributed by atoms with E-state index >= 15 is 0 Å². The van der Waals surface area contributed by atoms with E-state index < -0.39 is 0 Å². The maximum absolute atomic E-state index is 3.44. The second kappa shape index (κ2) is 4.53. The highest BCUT2D eigenvalue weighted by Crippen LogP contribution is 2.31. The van der Waals surface area contributed by atoms with Gasteiger partial charge in [0.25, 0.3) is 0 Å². The summed E-state index contributed by atoms with van der Waals surface area (Å²) in [7, 11) is 0. The maximum atomic E-state index is 3.44. The molecule has 1 aromatic carbocycles. The van der Waals surface area contributed by atoms with Crippen molar-refractivity contribution in [2.45, 2.75) is 25.7 Å². The maximum Gasteiger partial charge on any atom is 0.0456 e. The first-order chi connectivity index (χ1) is 8.34. The third-order valence-electron chi connectivity index (χ3n) is 4.20. The number of piperidine rings is 1. The van der Waals surface area contributed by atoms with Gasteiger partial charge in [0.15, 0.2) is 0 Å². The molecule has 2 aromatic rings. The van der Waals surface area contributed by atoms with E-state index in [-0.39, 0.29) is 0 Å². The molecule has 1 atom stereocenters. The molecule has 90 valence electrons. The van der Waals surface area contributed by atoms with E-state index in [0.717, 1.165) is 5.92 Å². The van der Waals surface area contributed by atoms with Gasteiger partial charge in [-0.2, -0.15) is 0 Å². The first-order valence-corrected chi connectivity index (χ1v) is 6.62. The lowest BCUT2D eigenvalue weighted by Crippen LogP contribution is -2.30. The normalized spacial score (nSPS) is 19.6. The van der Waals surface area contributed by atoms with Crippen molar-refractivity contribution >= 4 is 10.9 Å². The Morgan fingerprint density at radius 1 is 1.18 bits per heavy atom. The highest BCUT2D eigenvalue weighted by molar-refractivity contribution is 5.79. The zero-order chi connectivity index (χ0) is 11.7. The molecule has 2 heterocycles. The number of aromatic amines is 1. The minimum absolute atomic E-state index is 0.671. The van der Waals surface area contributed by atoms with E-state index in [2.05, 4.69) is 41.5 Å². The van der Waals surface area contributed by atoms with Crippen molar-refractivity contribution in [3.05, 3.63) is 36.0 Å². The van der Waals surface area contributed by atoms with Gasteiger partial charge in [-0.3, -0.25) is 0 Å². The summed E-state index contributed by atoms with van der Waals surface area (Å²) < 4.78 is 0. The van der Waals surface area contributed by atoms with E-state index in [1.165, 1.54) is 42.4 Å². The van der Waals surface area contributed by atoms with Gasteiger partial charge in [-0.05, 0) is 60.8 Å². The molecule has 0 radical (unpaired) electrons. The molecule has 0 spiro atoms. The van der Waals surface area contributed by atoms with Gasteiger partial charge in [0.1, 0.15) is 0 Å². The number of hydrogen-bond acceptors (Lipinski definition) is 1. The van der Waals surface area contributed by atoms with Gasteiger partial charge in [0.05, 0.1) is 0 Å². The third kappa shape index (κ3) is 2.09. The Balaban J connectivity index is 1.86. The first kappa shape index (κ1) is 10.8. The Hall–Kier alpha value is -1.28. The number of rotatable bonds is 2. The van der Waals surface area contributed by atoms with Crippen molar-refractivity contribution < 1.29 is 0 Å². The lowest BCUT2D eigenvalue weighted by Gasteiger charge is -2.28. The molecule has 0 aliphatic carbocycles. The lowest BCUT2D eigenvalue weighted by molar-refractivity contribution is 0.330. The fraction of sp³-hybridized carbons (Fsp3) is 0.467. The molecule has 2 heteroatoms. The molecule has 1 aliphatic heterocycles. The summed E-state index contributed by atoms with van der Waals surface area (Å²) in [5, 5.41) is 4.75. The molecular weight excluding hydrogens is 208 g/mol. The SMILES string of the molecule is CC(c1ccc2cc[nH]c2c1)C1CCNCC1. The van der Waals surface area contributed by atoms with Crippen LogP contribution in [0, 0.1) is 5.92 Å². The van der Waals surface area contributed by atoms with Crippen LogP contribution in [0.1, 0.15) is 31.2 Å². The van der Waals surface area contributed by atoms with Crippen molar-refractivity contribution in [3.8, 4) is 0 Å². The Bertz CT molecular complexity index is 494. The van der Waals surface area contributed by atoms with Crippen LogP contribution in [0.15, 0.2) is 30.5 Å². The van der Waals surface area contributed by atoms with Crippen LogP contribution in [0.3, 0.4) is 0 Å². The van der Waals surface area contributed by atoms with Crippen LogP contribution in [0.2, 0.25) is 0 Å². The van der Waals surface area contributed by atoms with E-state index in [0.29, 0.717) is 5.92 Å². The summed E-state index contributed by atoms with van der Waals surface area (Å²) in [6.45, 7) is 4.74. The van der Waals surface area contributed by atoms with Crippen LogP contribution in [0.5, 0.6) is 0 Å². The molecule has 0 bridgehead atoms. The fourth-order valence-corrected chi connectivity index (χ4v) is 2.97. The highest BCUT2D eigenvalue weighted by Gasteiger charge is 2.21. The Labute approximate surface area is 102 Å². The molecule has 1 fully saturated rings. The summed E-state index contributed by atoms with van der Waals surface area (Å²) >= 11 is 0.